The molecule has 1 aromatic heterocycles. The molecule has 8 heteroatoms. The van der Waals surface area contributed by atoms with Gasteiger partial charge in [-0.2, -0.15) is 10.1 Å². The predicted molar refractivity (Wildman–Crippen MR) is 89.1 cm³/mol. The van der Waals surface area contributed by atoms with Crippen molar-refractivity contribution in [2.24, 2.45) is 0 Å². The zero-order chi connectivity index (χ0) is 18.1. The van der Waals surface area contributed by atoms with Gasteiger partial charge in [0.1, 0.15) is 12.4 Å². The van der Waals surface area contributed by atoms with E-state index in [4.69, 9.17) is 9.84 Å². The highest BCUT2D eigenvalue weighted by atomic mass is 16.5. The molecule has 0 saturated carbocycles. The lowest BCUT2D eigenvalue weighted by Gasteiger charge is -2.28. The minimum atomic E-state index is -1.01. The van der Waals surface area contributed by atoms with Crippen molar-refractivity contribution in [1.82, 2.24) is 14.8 Å². The number of carbonyl (C=O) groups is 2. The molecule has 1 aromatic carbocycles. The van der Waals surface area contributed by atoms with E-state index >= 15 is 0 Å². The number of fused-ring (bicyclic) bond motifs is 1. The molecule has 1 aliphatic rings. The summed E-state index contributed by atoms with van der Waals surface area (Å²) in [5.41, 5.74) is 1.92. The molecule has 8 nitrogen and oxygen atoms in total. The Balaban J connectivity index is 2.08. The van der Waals surface area contributed by atoms with Crippen LogP contribution in [0.25, 0.3) is 0 Å². The number of anilines is 1. The highest BCUT2D eigenvalue weighted by Crippen LogP contribution is 2.35. The average Bonchev–Trinajstić information content (AvgIpc) is 3.00. The summed E-state index contributed by atoms with van der Waals surface area (Å²) in [7, 11) is 0. The van der Waals surface area contributed by atoms with E-state index < -0.39 is 18.0 Å². The lowest BCUT2D eigenvalue weighted by molar-refractivity contribution is -0.143. The molecule has 1 aliphatic heterocycles. The zero-order valence-electron chi connectivity index (χ0n) is 14.1. The second kappa shape index (κ2) is 6.39. The van der Waals surface area contributed by atoms with E-state index in [1.54, 1.807) is 37.6 Å². The number of esters is 1. The maximum absolute atomic E-state index is 12.6. The lowest BCUT2D eigenvalue weighted by atomic mass is 9.95. The number of rotatable bonds is 4. The van der Waals surface area contributed by atoms with Crippen molar-refractivity contribution in [3.8, 4) is 0 Å². The summed E-state index contributed by atoms with van der Waals surface area (Å²) in [4.78, 5) is 27.8. The van der Waals surface area contributed by atoms with Crippen LogP contribution in [-0.4, -0.2) is 37.9 Å². The van der Waals surface area contributed by atoms with Gasteiger partial charge in [-0.3, -0.25) is 0 Å². The van der Waals surface area contributed by atoms with E-state index in [-0.39, 0.29) is 11.7 Å². The quantitative estimate of drug-likeness (QED) is 0.820. The summed E-state index contributed by atoms with van der Waals surface area (Å²) in [6.45, 7) is 5.33. The van der Waals surface area contributed by atoms with Crippen molar-refractivity contribution in [3.05, 3.63) is 53.0 Å². The number of aromatic nitrogens is 3. The van der Waals surface area contributed by atoms with Crippen LogP contribution >= 0.6 is 0 Å². The molecular weight excluding hydrogens is 324 g/mol. The van der Waals surface area contributed by atoms with Gasteiger partial charge in [-0.05, 0) is 38.5 Å². The van der Waals surface area contributed by atoms with Gasteiger partial charge in [-0.1, -0.05) is 12.1 Å². The van der Waals surface area contributed by atoms with Gasteiger partial charge in [0, 0.05) is 5.70 Å². The van der Waals surface area contributed by atoms with Gasteiger partial charge in [0.05, 0.1) is 17.2 Å². The van der Waals surface area contributed by atoms with E-state index in [1.807, 2.05) is 0 Å². The Hall–Kier alpha value is -3.16. The van der Waals surface area contributed by atoms with Gasteiger partial charge >= 0.3 is 11.9 Å². The Morgan fingerprint density at radius 1 is 1.28 bits per heavy atom. The molecule has 0 saturated heterocycles. The van der Waals surface area contributed by atoms with Crippen LogP contribution in [0, 0.1) is 0 Å². The Morgan fingerprint density at radius 2 is 1.96 bits per heavy atom. The number of nitrogens with zero attached hydrogens (tertiary/aromatic N) is 3. The molecule has 0 fully saturated rings. The maximum atomic E-state index is 12.6. The van der Waals surface area contributed by atoms with Crippen molar-refractivity contribution in [3.63, 3.8) is 0 Å². The van der Waals surface area contributed by atoms with Gasteiger partial charge in [-0.25, -0.2) is 14.3 Å². The molecule has 3 rings (SSSR count). The third-order valence-electron chi connectivity index (χ3n) is 3.83. The lowest BCUT2D eigenvalue weighted by Crippen LogP contribution is -2.30. The Bertz CT molecular complexity index is 852. The highest BCUT2D eigenvalue weighted by Gasteiger charge is 2.34. The number of nitrogens with one attached hydrogen (secondary N) is 1. The van der Waals surface area contributed by atoms with E-state index in [2.05, 4.69) is 15.4 Å². The smallest absolute Gasteiger partial charge is 0.338 e. The van der Waals surface area contributed by atoms with Crippen molar-refractivity contribution in [1.29, 1.82) is 0 Å². The Labute approximate surface area is 144 Å². The fraction of sp³-hybridized carbons (Fsp3) is 0.294. The molecule has 130 valence electrons. The van der Waals surface area contributed by atoms with Crippen molar-refractivity contribution < 1.29 is 19.4 Å². The molecule has 0 unspecified atom stereocenters. The molecule has 2 aromatic rings. The van der Waals surface area contributed by atoms with Gasteiger partial charge in [0.25, 0.3) is 0 Å². The molecule has 0 aliphatic carbocycles. The minimum absolute atomic E-state index is 0.170. The van der Waals surface area contributed by atoms with Gasteiger partial charge in [0.2, 0.25) is 5.95 Å². The number of hydrogen-bond donors (Lipinski definition) is 2. The summed E-state index contributed by atoms with van der Waals surface area (Å²) in [6, 6.07) is 5.78. The molecule has 0 bridgehead atoms. The third-order valence-corrected chi connectivity index (χ3v) is 3.83. The fourth-order valence-corrected chi connectivity index (χ4v) is 2.75. The first-order valence-electron chi connectivity index (χ1n) is 7.80. The Morgan fingerprint density at radius 3 is 2.56 bits per heavy atom. The van der Waals surface area contributed by atoms with E-state index in [0.29, 0.717) is 22.8 Å². The molecule has 2 heterocycles. The molecule has 0 spiro atoms. The SMILES string of the molecule is CC1=C(C(=O)OC(C)C)[C@H](c2ccc(C(=O)O)cc2)n2ncnc2N1. The number of benzene rings is 1. The summed E-state index contributed by atoms with van der Waals surface area (Å²) in [5, 5.41) is 16.3. The van der Waals surface area contributed by atoms with Crippen LogP contribution in [-0.2, 0) is 9.53 Å². The standard InChI is InChI=1S/C17H18N4O4/c1-9(2)25-16(24)13-10(3)20-17-18-8-19-21(17)14(13)11-4-6-12(7-5-11)15(22)23/h4-9,14H,1-3H3,(H,22,23)(H,18,19,20)/t14-/m0/s1. The number of allylic oxidation sites excluding steroid dienone is 1. The van der Waals surface area contributed by atoms with Gasteiger partial charge in [0.15, 0.2) is 0 Å². The van der Waals surface area contributed by atoms with Crippen molar-refractivity contribution in [2.45, 2.75) is 32.9 Å². The Kier molecular flexibility index (Phi) is 4.26. The van der Waals surface area contributed by atoms with Gasteiger partial charge in [-0.15, -0.1) is 0 Å². The molecular formula is C17H18N4O4. The molecule has 0 amide bonds. The molecule has 1 atom stereocenters. The second-order valence-corrected chi connectivity index (χ2v) is 5.98. The topological polar surface area (TPSA) is 106 Å². The summed E-state index contributed by atoms with van der Waals surface area (Å²) in [6.07, 6.45) is 1.13. The molecule has 0 radical (unpaired) electrons. The predicted octanol–water partition coefficient (Wildman–Crippen LogP) is 2.22. The van der Waals surface area contributed by atoms with Crippen LogP contribution in [0.3, 0.4) is 0 Å². The first-order chi connectivity index (χ1) is 11.9. The summed E-state index contributed by atoms with van der Waals surface area (Å²) >= 11 is 0. The normalized spacial score (nSPS) is 16.4. The largest absolute Gasteiger partial charge is 0.478 e. The van der Waals surface area contributed by atoms with Crippen LogP contribution in [0.4, 0.5) is 5.95 Å². The molecule has 25 heavy (non-hydrogen) atoms. The van der Waals surface area contributed by atoms with Crippen LogP contribution in [0.1, 0.15) is 42.7 Å². The van der Waals surface area contributed by atoms with Crippen LogP contribution < -0.4 is 5.32 Å². The molecule has 2 N–H and O–H groups in total. The van der Waals surface area contributed by atoms with E-state index in [1.165, 1.54) is 18.5 Å². The van der Waals surface area contributed by atoms with E-state index in [0.717, 1.165) is 0 Å². The number of hydrogen-bond acceptors (Lipinski definition) is 6. The van der Waals surface area contributed by atoms with Crippen LogP contribution in [0.15, 0.2) is 41.9 Å². The maximum Gasteiger partial charge on any atom is 0.338 e. The van der Waals surface area contributed by atoms with Crippen LogP contribution in [0.5, 0.6) is 0 Å². The highest BCUT2D eigenvalue weighted by molar-refractivity contribution is 5.92. The third kappa shape index (κ3) is 3.10. The first kappa shape index (κ1) is 16.7. The van der Waals surface area contributed by atoms with Crippen LogP contribution in [0.2, 0.25) is 0 Å². The van der Waals surface area contributed by atoms with E-state index in [9.17, 15) is 9.59 Å². The second-order valence-electron chi connectivity index (χ2n) is 5.98. The number of carbonyl (C=O) groups excluding carboxylic acids is 1. The fourth-order valence-electron chi connectivity index (χ4n) is 2.75. The summed E-state index contributed by atoms with van der Waals surface area (Å²) < 4.78 is 6.96. The monoisotopic (exact) mass is 342 g/mol. The number of carboxylic acid groups (broad SMARTS) is 1. The zero-order valence-corrected chi connectivity index (χ0v) is 14.1. The van der Waals surface area contributed by atoms with Gasteiger partial charge < -0.3 is 15.2 Å². The number of ether oxygens (including phenoxy) is 1. The minimum Gasteiger partial charge on any atom is -0.478 e. The number of carboxylic acids is 1. The number of aromatic carboxylic acids is 1. The van der Waals surface area contributed by atoms with Crippen molar-refractivity contribution in [2.75, 3.05) is 5.32 Å². The summed E-state index contributed by atoms with van der Waals surface area (Å²) in [5.74, 6) is -0.955. The first-order valence-corrected chi connectivity index (χ1v) is 7.80. The van der Waals surface area contributed by atoms with Crippen molar-refractivity contribution >= 4 is 17.9 Å². The average molecular weight is 342 g/mol.